The second-order valence-electron chi connectivity index (χ2n) is 5.37. The third-order valence-electron chi connectivity index (χ3n) is 3.84. The van der Waals surface area contributed by atoms with Gasteiger partial charge in [0.15, 0.2) is 0 Å². The topological polar surface area (TPSA) is 50.4 Å². The molecule has 0 radical (unpaired) electrons. The van der Waals surface area contributed by atoms with Crippen molar-refractivity contribution >= 4 is 6.03 Å². The fourth-order valence-corrected chi connectivity index (χ4v) is 2.22. The van der Waals surface area contributed by atoms with Crippen molar-refractivity contribution in [3.63, 3.8) is 0 Å². The molecule has 0 spiro atoms. The largest absolute Gasteiger partial charge is 0.380 e. The van der Waals surface area contributed by atoms with E-state index >= 15 is 0 Å². The number of carbonyl (C=O) groups excluding carboxylic acids is 1. The molecule has 1 aromatic carbocycles. The maximum atomic E-state index is 13.8. The van der Waals surface area contributed by atoms with E-state index in [1.54, 1.807) is 19.2 Å². The predicted molar refractivity (Wildman–Crippen MR) is 75.2 cm³/mol. The van der Waals surface area contributed by atoms with Gasteiger partial charge in [-0.15, -0.1) is 0 Å². The Morgan fingerprint density at radius 2 is 2.10 bits per heavy atom. The lowest BCUT2D eigenvalue weighted by molar-refractivity contribution is 0.118. The number of urea groups is 1. The Labute approximate surface area is 118 Å². The van der Waals surface area contributed by atoms with Gasteiger partial charge in [0.2, 0.25) is 0 Å². The highest BCUT2D eigenvalue weighted by atomic mass is 19.1. The van der Waals surface area contributed by atoms with Crippen molar-refractivity contribution in [2.75, 3.05) is 20.2 Å². The zero-order valence-electron chi connectivity index (χ0n) is 11.9. The van der Waals surface area contributed by atoms with E-state index in [-0.39, 0.29) is 23.4 Å². The summed E-state index contributed by atoms with van der Waals surface area (Å²) in [5.74, 6) is -0.194. The monoisotopic (exact) mass is 280 g/mol. The van der Waals surface area contributed by atoms with Gasteiger partial charge in [-0.05, 0) is 31.4 Å². The summed E-state index contributed by atoms with van der Waals surface area (Å²) in [7, 11) is 1.60. The second-order valence-corrected chi connectivity index (χ2v) is 5.37. The van der Waals surface area contributed by atoms with Crippen molar-refractivity contribution in [1.29, 1.82) is 0 Å². The molecule has 1 aliphatic carbocycles. The highest BCUT2D eigenvalue weighted by Crippen LogP contribution is 2.48. The first kappa shape index (κ1) is 14.8. The smallest absolute Gasteiger partial charge is 0.314 e. The summed E-state index contributed by atoms with van der Waals surface area (Å²) in [4.78, 5) is 11.7. The summed E-state index contributed by atoms with van der Waals surface area (Å²) < 4.78 is 18.9. The standard InChI is InChI=1S/C15H21FN2O2/c1-11(20-2)9-17-14(19)18-10-15(7-8-15)12-5-3-4-6-13(12)16/h3-6,11H,7-10H2,1-2H3,(H2,17,18,19). The molecule has 0 saturated heterocycles. The van der Waals surface area contributed by atoms with E-state index in [1.165, 1.54) is 6.07 Å². The Morgan fingerprint density at radius 1 is 1.40 bits per heavy atom. The van der Waals surface area contributed by atoms with Gasteiger partial charge in [0, 0.05) is 25.6 Å². The summed E-state index contributed by atoms with van der Waals surface area (Å²) >= 11 is 0. The van der Waals surface area contributed by atoms with E-state index in [4.69, 9.17) is 4.74 Å². The maximum absolute atomic E-state index is 13.8. The van der Waals surface area contributed by atoms with E-state index < -0.39 is 0 Å². The van der Waals surface area contributed by atoms with Gasteiger partial charge in [-0.1, -0.05) is 18.2 Å². The molecule has 1 unspecified atom stereocenters. The molecule has 0 aromatic heterocycles. The Morgan fingerprint density at radius 3 is 2.70 bits per heavy atom. The molecule has 1 saturated carbocycles. The minimum atomic E-state index is -0.239. The van der Waals surface area contributed by atoms with Crippen LogP contribution >= 0.6 is 0 Å². The van der Waals surface area contributed by atoms with Crippen molar-refractivity contribution in [2.24, 2.45) is 0 Å². The minimum absolute atomic E-state index is 0.0257. The number of hydrogen-bond acceptors (Lipinski definition) is 2. The molecule has 1 fully saturated rings. The van der Waals surface area contributed by atoms with Crippen molar-refractivity contribution in [3.05, 3.63) is 35.6 Å². The zero-order valence-corrected chi connectivity index (χ0v) is 11.9. The summed E-state index contributed by atoms with van der Waals surface area (Å²) in [6.45, 7) is 2.79. The normalized spacial score (nSPS) is 17.4. The van der Waals surface area contributed by atoms with Gasteiger partial charge >= 0.3 is 6.03 Å². The Hall–Kier alpha value is -1.62. The molecule has 2 rings (SSSR count). The third-order valence-corrected chi connectivity index (χ3v) is 3.84. The first-order valence-corrected chi connectivity index (χ1v) is 6.87. The second kappa shape index (κ2) is 6.22. The van der Waals surface area contributed by atoms with E-state index in [0.29, 0.717) is 18.7 Å². The van der Waals surface area contributed by atoms with Crippen LogP contribution in [0.5, 0.6) is 0 Å². The van der Waals surface area contributed by atoms with Gasteiger partial charge in [-0.3, -0.25) is 0 Å². The van der Waals surface area contributed by atoms with Gasteiger partial charge in [-0.25, -0.2) is 9.18 Å². The molecule has 0 heterocycles. The molecule has 0 aliphatic heterocycles. The van der Waals surface area contributed by atoms with E-state index in [9.17, 15) is 9.18 Å². The lowest BCUT2D eigenvalue weighted by Gasteiger charge is -2.18. The molecule has 1 aliphatic rings. The molecule has 1 aromatic rings. The minimum Gasteiger partial charge on any atom is -0.380 e. The number of nitrogens with one attached hydrogen (secondary N) is 2. The van der Waals surface area contributed by atoms with Gasteiger partial charge in [-0.2, -0.15) is 0 Å². The number of amides is 2. The van der Waals surface area contributed by atoms with Crippen molar-refractivity contribution in [3.8, 4) is 0 Å². The lowest BCUT2D eigenvalue weighted by Crippen LogP contribution is -2.42. The molecule has 20 heavy (non-hydrogen) atoms. The fourth-order valence-electron chi connectivity index (χ4n) is 2.22. The highest BCUT2D eigenvalue weighted by Gasteiger charge is 2.45. The predicted octanol–water partition coefficient (Wildman–Crippen LogP) is 2.19. The van der Waals surface area contributed by atoms with Crippen molar-refractivity contribution in [2.45, 2.75) is 31.3 Å². The molecule has 2 N–H and O–H groups in total. The average molecular weight is 280 g/mol. The Kier molecular flexibility index (Phi) is 4.60. The van der Waals surface area contributed by atoms with Crippen molar-refractivity contribution < 1.29 is 13.9 Å². The first-order valence-electron chi connectivity index (χ1n) is 6.87. The quantitative estimate of drug-likeness (QED) is 0.839. The SMILES string of the molecule is COC(C)CNC(=O)NCC1(c2ccccc2F)CC1. The number of rotatable bonds is 6. The average Bonchev–Trinajstić information content (AvgIpc) is 3.24. The van der Waals surface area contributed by atoms with E-state index in [2.05, 4.69) is 10.6 Å². The van der Waals surface area contributed by atoms with Crippen LogP contribution in [0.3, 0.4) is 0 Å². The van der Waals surface area contributed by atoms with Gasteiger partial charge < -0.3 is 15.4 Å². The molecule has 0 bridgehead atoms. The van der Waals surface area contributed by atoms with Gasteiger partial charge in [0.05, 0.1) is 6.10 Å². The van der Waals surface area contributed by atoms with E-state index in [1.807, 2.05) is 13.0 Å². The van der Waals surface area contributed by atoms with Crippen LogP contribution < -0.4 is 10.6 Å². The molecule has 1 atom stereocenters. The summed E-state index contributed by atoms with van der Waals surface area (Å²) in [6.07, 6.45) is 1.79. The van der Waals surface area contributed by atoms with Gasteiger partial charge in [0.25, 0.3) is 0 Å². The Bertz CT molecular complexity index is 475. The molecule has 4 nitrogen and oxygen atoms in total. The number of hydrogen-bond donors (Lipinski definition) is 2. The van der Waals surface area contributed by atoms with Crippen LogP contribution in [-0.2, 0) is 10.2 Å². The number of methoxy groups -OCH3 is 1. The number of benzene rings is 1. The molecular formula is C15H21FN2O2. The molecule has 5 heteroatoms. The zero-order chi connectivity index (χ0) is 14.6. The number of carbonyl (C=O) groups is 1. The van der Waals surface area contributed by atoms with Crippen LogP contribution in [0.25, 0.3) is 0 Å². The van der Waals surface area contributed by atoms with Crippen LogP contribution in [0.15, 0.2) is 24.3 Å². The van der Waals surface area contributed by atoms with Gasteiger partial charge in [0.1, 0.15) is 5.82 Å². The third kappa shape index (κ3) is 3.48. The molecular weight excluding hydrogens is 259 g/mol. The summed E-state index contributed by atoms with van der Waals surface area (Å²) in [5, 5.41) is 5.55. The Balaban J connectivity index is 1.85. The van der Waals surface area contributed by atoms with Crippen LogP contribution in [0.1, 0.15) is 25.3 Å². The summed E-state index contributed by atoms with van der Waals surface area (Å²) in [6, 6.07) is 6.54. The first-order chi connectivity index (χ1) is 9.57. The number of halogens is 1. The summed E-state index contributed by atoms with van der Waals surface area (Å²) in [5.41, 5.74) is 0.473. The fraction of sp³-hybridized carbons (Fsp3) is 0.533. The van der Waals surface area contributed by atoms with Crippen molar-refractivity contribution in [1.82, 2.24) is 10.6 Å². The van der Waals surface area contributed by atoms with Crippen LogP contribution in [0.2, 0.25) is 0 Å². The molecule has 110 valence electrons. The maximum Gasteiger partial charge on any atom is 0.314 e. The molecule has 2 amide bonds. The van der Waals surface area contributed by atoms with Crippen LogP contribution in [0.4, 0.5) is 9.18 Å². The van der Waals surface area contributed by atoms with Crippen LogP contribution in [-0.4, -0.2) is 32.3 Å². The highest BCUT2D eigenvalue weighted by molar-refractivity contribution is 5.74. The lowest BCUT2D eigenvalue weighted by atomic mass is 9.95. The van der Waals surface area contributed by atoms with E-state index in [0.717, 1.165) is 12.8 Å². The number of ether oxygens (including phenoxy) is 1. The van der Waals surface area contributed by atoms with Crippen LogP contribution in [0, 0.1) is 5.82 Å².